The predicted molar refractivity (Wildman–Crippen MR) is 147 cm³/mol. The number of fused-ring (bicyclic) bond motifs is 2. The van der Waals surface area contributed by atoms with Crippen molar-refractivity contribution < 1.29 is 18.9 Å². The quantitative estimate of drug-likeness (QED) is 0.474. The average molecular weight is 532 g/mol. The second-order valence-corrected chi connectivity index (χ2v) is 10.4. The Bertz CT molecular complexity index is 1450. The van der Waals surface area contributed by atoms with Crippen LogP contribution in [0.1, 0.15) is 31.4 Å². The zero-order chi connectivity index (χ0) is 26.9. The Morgan fingerprint density at radius 1 is 1.08 bits per heavy atom. The topological polar surface area (TPSA) is 102 Å². The summed E-state index contributed by atoms with van der Waals surface area (Å²) in [6, 6.07) is 13.8. The summed E-state index contributed by atoms with van der Waals surface area (Å²) in [5, 5.41) is 9.42. The first kappa shape index (κ1) is 25.5. The van der Waals surface area contributed by atoms with E-state index in [2.05, 4.69) is 26.9 Å². The zero-order valence-electron chi connectivity index (χ0n) is 22.3. The number of rotatable bonds is 6. The van der Waals surface area contributed by atoms with E-state index < -0.39 is 0 Å². The molecule has 3 aliphatic rings. The van der Waals surface area contributed by atoms with Crippen molar-refractivity contribution in [2.75, 3.05) is 50.0 Å². The number of benzene rings is 1. The predicted octanol–water partition coefficient (Wildman–Crippen LogP) is 3.20. The number of pyridine rings is 2. The number of para-hydroxylation sites is 1. The van der Waals surface area contributed by atoms with Crippen molar-refractivity contribution in [3.8, 4) is 17.6 Å². The van der Waals surface area contributed by atoms with E-state index in [1.165, 1.54) is 0 Å². The van der Waals surface area contributed by atoms with Gasteiger partial charge in [-0.05, 0) is 49.9 Å². The smallest absolute Gasteiger partial charge is 0.252 e. The van der Waals surface area contributed by atoms with Gasteiger partial charge in [-0.2, -0.15) is 5.26 Å². The number of nitriles is 1. The Labute approximate surface area is 227 Å². The van der Waals surface area contributed by atoms with Gasteiger partial charge in [0.25, 0.3) is 5.56 Å². The molecular weight excluding hydrogens is 498 g/mol. The van der Waals surface area contributed by atoms with Crippen molar-refractivity contribution in [3.05, 3.63) is 52.4 Å². The highest BCUT2D eigenvalue weighted by Crippen LogP contribution is 2.43. The molecule has 0 unspecified atom stereocenters. The number of anilines is 2. The fourth-order valence-electron chi connectivity index (χ4n) is 6.04. The lowest BCUT2D eigenvalue weighted by molar-refractivity contribution is -0.0846. The van der Waals surface area contributed by atoms with Crippen LogP contribution in [0.2, 0.25) is 0 Å². The van der Waals surface area contributed by atoms with Crippen LogP contribution in [-0.2, 0) is 16.5 Å². The van der Waals surface area contributed by atoms with Crippen LogP contribution in [0.25, 0.3) is 11.0 Å². The summed E-state index contributed by atoms with van der Waals surface area (Å²) >= 11 is 0. The lowest BCUT2D eigenvalue weighted by Crippen LogP contribution is -2.48. The highest BCUT2D eigenvalue weighted by molar-refractivity contribution is 5.88. The van der Waals surface area contributed by atoms with Gasteiger partial charge in [0.1, 0.15) is 17.3 Å². The van der Waals surface area contributed by atoms with Gasteiger partial charge in [-0.3, -0.25) is 4.79 Å². The standard InChI is InChI=1S/C29H33N5O5/c1-32(25-14-27(35)33(2)23-11-6-19(15-30)31-28(23)25)20-7-9-21(10-8-20)34(16-22-17-36-12-13-37-22)24-4-3-5-26-29(24)39-18-38-26/h3-6,11,14,20-22H,7-10,12-13,16-18H2,1-2H3/t20-,21+,22-/m1/s1. The van der Waals surface area contributed by atoms with Gasteiger partial charge in [0, 0.05) is 38.8 Å². The molecule has 2 aliphatic heterocycles. The summed E-state index contributed by atoms with van der Waals surface area (Å²) in [5.74, 6) is 1.56. The first-order chi connectivity index (χ1) is 19.0. The molecule has 2 fully saturated rings. The van der Waals surface area contributed by atoms with Crippen LogP contribution < -0.4 is 24.8 Å². The molecule has 3 aromatic rings. The van der Waals surface area contributed by atoms with Crippen LogP contribution in [-0.4, -0.2) is 67.9 Å². The van der Waals surface area contributed by atoms with Gasteiger partial charge < -0.3 is 33.3 Å². The molecular formula is C29H33N5O5. The van der Waals surface area contributed by atoms with E-state index in [0.717, 1.165) is 54.1 Å². The first-order valence-electron chi connectivity index (χ1n) is 13.5. The maximum Gasteiger partial charge on any atom is 0.252 e. The van der Waals surface area contributed by atoms with Gasteiger partial charge >= 0.3 is 0 Å². The van der Waals surface area contributed by atoms with Crippen molar-refractivity contribution in [1.29, 1.82) is 5.26 Å². The highest BCUT2D eigenvalue weighted by atomic mass is 16.7. The number of hydrogen-bond acceptors (Lipinski definition) is 9. The number of ether oxygens (including phenoxy) is 4. The van der Waals surface area contributed by atoms with Crippen LogP contribution in [0.3, 0.4) is 0 Å². The van der Waals surface area contributed by atoms with Crippen LogP contribution in [0.4, 0.5) is 11.4 Å². The van der Waals surface area contributed by atoms with Gasteiger partial charge in [0.2, 0.25) is 6.79 Å². The molecule has 1 aromatic carbocycles. The molecule has 1 aliphatic carbocycles. The van der Waals surface area contributed by atoms with Crippen LogP contribution >= 0.6 is 0 Å². The maximum atomic E-state index is 12.8. The van der Waals surface area contributed by atoms with E-state index in [0.29, 0.717) is 43.6 Å². The molecule has 1 atom stereocenters. The van der Waals surface area contributed by atoms with Gasteiger partial charge in [-0.25, -0.2) is 4.98 Å². The van der Waals surface area contributed by atoms with Crippen molar-refractivity contribution in [2.24, 2.45) is 7.05 Å². The van der Waals surface area contributed by atoms with Crippen LogP contribution in [0.5, 0.6) is 11.5 Å². The van der Waals surface area contributed by atoms with Crippen LogP contribution in [0, 0.1) is 11.3 Å². The van der Waals surface area contributed by atoms with E-state index in [1.54, 1.807) is 29.8 Å². The Morgan fingerprint density at radius 3 is 2.67 bits per heavy atom. The normalized spacial score (nSPS) is 22.4. The molecule has 2 aromatic heterocycles. The van der Waals surface area contributed by atoms with Crippen molar-refractivity contribution in [2.45, 2.75) is 43.9 Å². The van der Waals surface area contributed by atoms with Crippen LogP contribution in [0.15, 0.2) is 41.2 Å². The third-order valence-electron chi connectivity index (χ3n) is 8.19. The average Bonchev–Trinajstić information content (AvgIpc) is 3.47. The minimum atomic E-state index is -0.0921. The molecule has 0 amide bonds. The van der Waals surface area contributed by atoms with Gasteiger partial charge in [0.05, 0.1) is 42.8 Å². The van der Waals surface area contributed by atoms with Gasteiger partial charge in [0.15, 0.2) is 11.5 Å². The first-order valence-corrected chi connectivity index (χ1v) is 13.5. The minimum absolute atomic E-state index is 0.00960. The van der Waals surface area contributed by atoms with E-state index in [9.17, 15) is 10.1 Å². The molecule has 0 spiro atoms. The molecule has 1 saturated heterocycles. The minimum Gasteiger partial charge on any atom is -0.454 e. The van der Waals surface area contributed by atoms with Gasteiger partial charge in [-0.15, -0.1) is 0 Å². The summed E-state index contributed by atoms with van der Waals surface area (Å²) in [5.41, 5.74) is 3.44. The molecule has 0 N–H and O–H groups in total. The van der Waals surface area contributed by atoms with E-state index in [1.807, 2.05) is 19.2 Å². The monoisotopic (exact) mass is 531 g/mol. The largest absolute Gasteiger partial charge is 0.454 e. The Morgan fingerprint density at radius 2 is 1.90 bits per heavy atom. The molecule has 0 bridgehead atoms. The Balaban J connectivity index is 1.24. The SMILES string of the molecule is Cn1c(=O)cc(N(C)[C@H]2CC[C@@H](N(C[C@@H]3COCCO3)c3cccc4c3OCO4)CC2)c2nc(C#N)ccc21. The fraction of sp³-hybridized carbons (Fsp3) is 0.483. The summed E-state index contributed by atoms with van der Waals surface area (Å²) < 4.78 is 24.9. The summed E-state index contributed by atoms with van der Waals surface area (Å²) in [7, 11) is 3.76. The number of hydrogen-bond donors (Lipinski definition) is 0. The number of nitrogens with zero attached hydrogens (tertiary/aromatic N) is 5. The summed E-state index contributed by atoms with van der Waals surface area (Å²) in [4.78, 5) is 21.9. The molecule has 4 heterocycles. The van der Waals surface area contributed by atoms with Gasteiger partial charge in [-0.1, -0.05) is 6.07 Å². The second kappa shape index (κ2) is 10.8. The number of aryl methyl sites for hydroxylation is 1. The molecule has 6 rings (SSSR count). The molecule has 39 heavy (non-hydrogen) atoms. The Kier molecular flexibility index (Phi) is 7.02. The van der Waals surface area contributed by atoms with E-state index >= 15 is 0 Å². The fourth-order valence-corrected chi connectivity index (χ4v) is 6.04. The van der Waals surface area contributed by atoms with Crippen molar-refractivity contribution in [3.63, 3.8) is 0 Å². The van der Waals surface area contributed by atoms with E-state index in [-0.39, 0.29) is 24.5 Å². The second-order valence-electron chi connectivity index (χ2n) is 10.4. The van der Waals surface area contributed by atoms with Crippen molar-refractivity contribution >= 4 is 22.4 Å². The summed E-state index contributed by atoms with van der Waals surface area (Å²) in [6.07, 6.45) is 3.81. The zero-order valence-corrected chi connectivity index (χ0v) is 22.3. The van der Waals surface area contributed by atoms with Crippen molar-refractivity contribution in [1.82, 2.24) is 9.55 Å². The third-order valence-corrected chi connectivity index (χ3v) is 8.19. The lowest BCUT2D eigenvalue weighted by Gasteiger charge is -2.43. The maximum absolute atomic E-state index is 12.8. The van der Waals surface area contributed by atoms with E-state index in [4.69, 9.17) is 18.9 Å². The Hall–Kier alpha value is -3.81. The third kappa shape index (κ3) is 4.88. The summed E-state index contributed by atoms with van der Waals surface area (Å²) in [6.45, 7) is 2.76. The molecule has 204 valence electrons. The lowest BCUT2D eigenvalue weighted by atomic mass is 9.88. The molecule has 0 radical (unpaired) electrons. The molecule has 10 heteroatoms. The number of aromatic nitrogens is 2. The highest BCUT2D eigenvalue weighted by Gasteiger charge is 2.33. The molecule has 1 saturated carbocycles. The molecule has 10 nitrogen and oxygen atoms in total.